The molecule has 8 heteroatoms. The van der Waals surface area contributed by atoms with E-state index in [1.165, 1.54) is 0 Å². The van der Waals surface area contributed by atoms with Crippen molar-refractivity contribution < 1.29 is 14.6 Å². The van der Waals surface area contributed by atoms with Crippen LogP contribution in [-0.2, 0) is 4.79 Å². The maximum Gasteiger partial charge on any atom is 0.313 e. The number of benzene rings is 1. The lowest BCUT2D eigenvalue weighted by molar-refractivity contribution is -0.133. The molecule has 0 saturated carbocycles. The summed E-state index contributed by atoms with van der Waals surface area (Å²) in [5.41, 5.74) is 6.85. The molecule has 7 nitrogen and oxygen atoms in total. The molecule has 0 fully saturated rings. The highest BCUT2D eigenvalue weighted by Crippen LogP contribution is 2.28. The minimum absolute atomic E-state index is 0.0898. The maximum atomic E-state index is 10.7. The second-order valence-corrected chi connectivity index (χ2v) is 5.28. The predicted octanol–water partition coefficient (Wildman–Crippen LogP) is 1.65. The third kappa shape index (κ3) is 3.46. The highest BCUT2D eigenvalue weighted by Gasteiger charge is 2.18. The molecule has 0 spiro atoms. The van der Waals surface area contributed by atoms with Crippen molar-refractivity contribution in [1.82, 2.24) is 14.8 Å². The van der Waals surface area contributed by atoms with Gasteiger partial charge in [0.15, 0.2) is 5.16 Å². The molecule has 0 saturated heterocycles. The zero-order valence-corrected chi connectivity index (χ0v) is 12.5. The van der Waals surface area contributed by atoms with Crippen LogP contribution >= 0.6 is 11.8 Å². The number of carbonyl (C=O) groups is 1. The summed E-state index contributed by atoms with van der Waals surface area (Å²) >= 11 is 1.09. The first-order valence-corrected chi connectivity index (χ1v) is 7.20. The number of ether oxygens (including phenoxy) is 1. The molecule has 2 aromatic rings. The Kier molecular flexibility index (Phi) is 4.69. The van der Waals surface area contributed by atoms with E-state index in [4.69, 9.17) is 15.6 Å². The fourth-order valence-electron chi connectivity index (χ4n) is 1.91. The topological polar surface area (TPSA) is 103 Å². The number of aromatic nitrogens is 3. The van der Waals surface area contributed by atoms with Crippen LogP contribution in [0.25, 0.3) is 0 Å². The number of hydrogen-bond acceptors (Lipinski definition) is 6. The number of nitrogens with zero attached hydrogens (tertiary/aromatic N) is 3. The molecule has 0 bridgehead atoms. The molecule has 1 unspecified atom stereocenters. The number of nitrogens with two attached hydrogens (primary N) is 1. The van der Waals surface area contributed by atoms with Gasteiger partial charge in [0.05, 0.1) is 18.9 Å². The number of nitrogen functional groups attached to an aromatic ring is 1. The smallest absolute Gasteiger partial charge is 0.313 e. The first-order chi connectivity index (χ1) is 10.0. The van der Waals surface area contributed by atoms with E-state index in [2.05, 4.69) is 10.2 Å². The predicted molar refractivity (Wildman–Crippen MR) is 79.6 cm³/mol. The van der Waals surface area contributed by atoms with E-state index in [-0.39, 0.29) is 17.7 Å². The van der Waals surface area contributed by atoms with Crippen molar-refractivity contribution in [3.63, 3.8) is 0 Å². The molecule has 3 N–H and O–H groups in total. The Hall–Kier alpha value is -2.22. The molecule has 1 atom stereocenters. The summed E-state index contributed by atoms with van der Waals surface area (Å²) in [6.07, 6.45) is 0. The largest absolute Gasteiger partial charge is 0.497 e. The highest BCUT2D eigenvalue weighted by molar-refractivity contribution is 7.99. The second-order valence-electron chi connectivity index (χ2n) is 4.34. The molecular weight excluding hydrogens is 292 g/mol. The van der Waals surface area contributed by atoms with Crippen LogP contribution in [0.15, 0.2) is 29.4 Å². The third-order valence-electron chi connectivity index (χ3n) is 3.00. The van der Waals surface area contributed by atoms with Crippen molar-refractivity contribution in [3.05, 3.63) is 29.8 Å². The van der Waals surface area contributed by atoms with Crippen molar-refractivity contribution in [3.8, 4) is 5.75 Å². The first-order valence-electron chi connectivity index (χ1n) is 6.22. The Bertz CT molecular complexity index is 627. The quantitative estimate of drug-likeness (QED) is 0.782. The number of anilines is 1. The Balaban J connectivity index is 2.26. The van der Waals surface area contributed by atoms with Crippen LogP contribution in [-0.4, -0.2) is 38.7 Å². The number of carboxylic acid groups (broad SMARTS) is 1. The lowest BCUT2D eigenvalue weighted by atomic mass is 10.1. The fourth-order valence-corrected chi connectivity index (χ4v) is 2.65. The maximum absolute atomic E-state index is 10.7. The van der Waals surface area contributed by atoms with Crippen LogP contribution in [0.5, 0.6) is 5.75 Å². The monoisotopic (exact) mass is 308 g/mol. The average molecular weight is 308 g/mol. The number of carboxylic acids is 1. The van der Waals surface area contributed by atoms with E-state index < -0.39 is 5.97 Å². The summed E-state index contributed by atoms with van der Waals surface area (Å²) in [6.45, 7) is 1.95. The zero-order valence-electron chi connectivity index (χ0n) is 11.7. The molecule has 0 radical (unpaired) electrons. The van der Waals surface area contributed by atoms with Gasteiger partial charge in [-0.05, 0) is 24.6 Å². The van der Waals surface area contributed by atoms with Gasteiger partial charge < -0.3 is 15.6 Å². The van der Waals surface area contributed by atoms with Crippen LogP contribution in [0, 0.1) is 0 Å². The summed E-state index contributed by atoms with van der Waals surface area (Å²) in [6, 6.07) is 7.46. The normalized spacial score (nSPS) is 12.1. The lowest BCUT2D eigenvalue weighted by Gasteiger charge is -2.17. The molecule has 21 heavy (non-hydrogen) atoms. The number of aliphatic carboxylic acids is 1. The van der Waals surface area contributed by atoms with Crippen LogP contribution in [0.1, 0.15) is 18.5 Å². The van der Waals surface area contributed by atoms with Gasteiger partial charge >= 0.3 is 5.97 Å². The summed E-state index contributed by atoms with van der Waals surface area (Å²) in [4.78, 5) is 10.7. The van der Waals surface area contributed by atoms with Gasteiger partial charge in [-0.2, -0.15) is 0 Å². The van der Waals surface area contributed by atoms with E-state index in [0.717, 1.165) is 23.1 Å². The summed E-state index contributed by atoms with van der Waals surface area (Å²) < 4.78 is 6.84. The van der Waals surface area contributed by atoms with Gasteiger partial charge in [-0.1, -0.05) is 23.9 Å². The van der Waals surface area contributed by atoms with Crippen LogP contribution in [0.3, 0.4) is 0 Å². The van der Waals surface area contributed by atoms with E-state index in [1.807, 2.05) is 31.2 Å². The standard InChI is InChI=1S/C13H16N4O3S/c1-8(9-3-5-10(20-2)6-4-9)17-12(14)15-16-13(17)21-7-11(18)19/h3-6,8H,7H2,1-2H3,(H2,14,15)(H,18,19). The number of methoxy groups -OCH3 is 1. The van der Waals surface area contributed by atoms with Crippen LogP contribution in [0.4, 0.5) is 5.95 Å². The Morgan fingerprint density at radius 1 is 1.43 bits per heavy atom. The van der Waals surface area contributed by atoms with Gasteiger partial charge in [-0.25, -0.2) is 0 Å². The van der Waals surface area contributed by atoms with Crippen molar-refractivity contribution in [2.75, 3.05) is 18.6 Å². The minimum atomic E-state index is -0.912. The molecule has 0 aliphatic rings. The van der Waals surface area contributed by atoms with Gasteiger partial charge in [0, 0.05) is 0 Å². The van der Waals surface area contributed by atoms with Crippen molar-refractivity contribution in [1.29, 1.82) is 0 Å². The van der Waals surface area contributed by atoms with Gasteiger partial charge in [0.2, 0.25) is 5.95 Å². The van der Waals surface area contributed by atoms with Crippen molar-refractivity contribution >= 4 is 23.7 Å². The SMILES string of the molecule is COc1ccc(C(C)n2c(N)nnc2SCC(=O)O)cc1. The van der Waals surface area contributed by atoms with Gasteiger partial charge in [0.1, 0.15) is 5.75 Å². The Morgan fingerprint density at radius 2 is 2.10 bits per heavy atom. The van der Waals surface area contributed by atoms with Crippen molar-refractivity contribution in [2.24, 2.45) is 0 Å². The Morgan fingerprint density at radius 3 is 2.67 bits per heavy atom. The average Bonchev–Trinajstić information content (AvgIpc) is 2.85. The first kappa shape index (κ1) is 15.2. The minimum Gasteiger partial charge on any atom is -0.497 e. The molecule has 0 amide bonds. The molecule has 112 valence electrons. The summed E-state index contributed by atoms with van der Waals surface area (Å²) in [7, 11) is 1.61. The third-order valence-corrected chi connectivity index (χ3v) is 3.93. The number of rotatable bonds is 6. The van der Waals surface area contributed by atoms with E-state index in [1.54, 1.807) is 11.7 Å². The molecule has 0 aliphatic heterocycles. The number of hydrogen-bond donors (Lipinski definition) is 2. The van der Waals surface area contributed by atoms with Gasteiger partial charge in [-0.15, -0.1) is 10.2 Å². The van der Waals surface area contributed by atoms with Crippen LogP contribution < -0.4 is 10.5 Å². The summed E-state index contributed by atoms with van der Waals surface area (Å²) in [5, 5.41) is 17.0. The molecule has 1 aromatic carbocycles. The second kappa shape index (κ2) is 6.49. The van der Waals surface area contributed by atoms with E-state index in [0.29, 0.717) is 5.16 Å². The van der Waals surface area contributed by atoms with Gasteiger partial charge in [-0.3, -0.25) is 9.36 Å². The molecule has 1 heterocycles. The molecule has 1 aromatic heterocycles. The molecule has 0 aliphatic carbocycles. The molecular formula is C13H16N4O3S. The summed E-state index contributed by atoms with van der Waals surface area (Å²) in [5.74, 6) is 0.0209. The van der Waals surface area contributed by atoms with Crippen LogP contribution in [0.2, 0.25) is 0 Å². The number of thioether (sulfide) groups is 1. The highest BCUT2D eigenvalue weighted by atomic mass is 32.2. The van der Waals surface area contributed by atoms with E-state index >= 15 is 0 Å². The Labute approximate surface area is 126 Å². The van der Waals surface area contributed by atoms with E-state index in [9.17, 15) is 4.79 Å². The lowest BCUT2D eigenvalue weighted by Crippen LogP contribution is -2.12. The van der Waals surface area contributed by atoms with Gasteiger partial charge in [0.25, 0.3) is 0 Å². The molecule has 2 rings (SSSR count). The zero-order chi connectivity index (χ0) is 15.4. The fraction of sp³-hybridized carbons (Fsp3) is 0.308. The van der Waals surface area contributed by atoms with Crippen molar-refractivity contribution in [2.45, 2.75) is 18.1 Å².